The van der Waals surface area contributed by atoms with Gasteiger partial charge in [0.05, 0.1) is 17.1 Å². The zero-order valence-electron chi connectivity index (χ0n) is 14.0. The summed E-state index contributed by atoms with van der Waals surface area (Å²) in [5.41, 5.74) is 6.53. The highest BCUT2D eigenvalue weighted by Crippen LogP contribution is 2.11. The van der Waals surface area contributed by atoms with Crippen LogP contribution in [0.15, 0.2) is 18.6 Å². The molecule has 0 aliphatic rings. The molecule has 0 radical (unpaired) electrons. The van der Waals surface area contributed by atoms with Crippen LogP contribution in [0.3, 0.4) is 0 Å². The predicted octanol–water partition coefficient (Wildman–Crippen LogP) is 2.06. The molecule has 0 aromatic carbocycles. The zero-order valence-corrected chi connectivity index (χ0v) is 14.0. The normalized spacial score (nSPS) is 11.2. The van der Waals surface area contributed by atoms with Gasteiger partial charge in [-0.1, -0.05) is 0 Å². The van der Waals surface area contributed by atoms with Crippen LogP contribution in [0.5, 0.6) is 0 Å². The second-order valence-electron chi connectivity index (χ2n) is 5.98. The van der Waals surface area contributed by atoms with Crippen molar-refractivity contribution in [3.63, 3.8) is 0 Å². The Morgan fingerprint density at radius 3 is 1.05 bits per heavy atom. The molecule has 0 fully saturated rings. The van der Waals surface area contributed by atoms with Gasteiger partial charge in [0.15, 0.2) is 0 Å². The molecule has 3 aromatic rings. The van der Waals surface area contributed by atoms with Crippen molar-refractivity contribution in [3.05, 3.63) is 52.4 Å². The number of aromatic nitrogens is 6. The largest absolute Gasteiger partial charge is 0.568 e. The van der Waals surface area contributed by atoms with Gasteiger partial charge in [0.1, 0.15) is 0 Å². The van der Waals surface area contributed by atoms with Crippen molar-refractivity contribution < 1.29 is 0 Å². The van der Waals surface area contributed by atoms with Gasteiger partial charge in [-0.05, 0) is 58.2 Å². The molecule has 0 bridgehead atoms. The van der Waals surface area contributed by atoms with Gasteiger partial charge in [-0.15, -0.1) is 0 Å². The van der Waals surface area contributed by atoms with E-state index >= 15 is 0 Å². The molecule has 0 aliphatic heterocycles. The lowest BCUT2D eigenvalue weighted by Crippen LogP contribution is -2.43. The maximum absolute atomic E-state index is 4.64. The van der Waals surface area contributed by atoms with E-state index < -0.39 is 0 Å². The van der Waals surface area contributed by atoms with E-state index in [0.717, 1.165) is 33.8 Å². The molecule has 0 saturated carbocycles. The number of hydrogen-bond donors (Lipinski definition) is 0. The van der Waals surface area contributed by atoms with E-state index in [9.17, 15) is 0 Å². The molecule has 0 aliphatic carbocycles. The van der Waals surface area contributed by atoms with Crippen LogP contribution in [-0.2, 0) is 0 Å². The number of nitrogens with zero attached hydrogens (tertiary/aromatic N) is 6. The summed E-state index contributed by atoms with van der Waals surface area (Å²) in [5.74, 6) is 0. The van der Waals surface area contributed by atoms with Crippen molar-refractivity contribution in [2.75, 3.05) is 0 Å². The van der Waals surface area contributed by atoms with Crippen LogP contribution in [0.4, 0.5) is 0 Å². The van der Waals surface area contributed by atoms with E-state index in [1.807, 2.05) is 53.1 Å². The fourth-order valence-corrected chi connectivity index (χ4v) is 2.44. The van der Waals surface area contributed by atoms with Gasteiger partial charge in [0.25, 0.3) is 0 Å². The van der Waals surface area contributed by atoms with Gasteiger partial charge in [-0.3, -0.25) is 13.8 Å². The fraction of sp³-hybridized carbons (Fsp3) is 0.400. The second-order valence-corrected chi connectivity index (χ2v) is 5.98. The molecule has 3 heterocycles. The third-order valence-electron chi connectivity index (χ3n) is 4.20. The Kier molecular flexibility index (Phi) is 3.43. The Morgan fingerprint density at radius 1 is 0.591 bits per heavy atom. The minimum absolute atomic E-state index is 0.229. The van der Waals surface area contributed by atoms with Crippen LogP contribution >= 0.6 is 0 Å². The lowest BCUT2D eigenvalue weighted by Gasteiger charge is -2.13. The van der Waals surface area contributed by atoms with Crippen molar-refractivity contribution in [3.8, 4) is 0 Å². The molecule has 0 N–H and O–H groups in total. The molecule has 3 rings (SSSR count). The SMILES string of the molecule is Cc1cn(B(n2cc(C)c(C)n2)n2cc(C)c(C)n2)nc1C. The van der Waals surface area contributed by atoms with E-state index in [2.05, 4.69) is 36.1 Å². The minimum Gasteiger partial charge on any atom is -0.268 e. The molecule has 0 unspecified atom stereocenters. The maximum Gasteiger partial charge on any atom is 0.568 e. The quantitative estimate of drug-likeness (QED) is 0.695. The summed E-state index contributed by atoms with van der Waals surface area (Å²) < 4.78 is 5.76. The van der Waals surface area contributed by atoms with Gasteiger partial charge >= 0.3 is 7.12 Å². The lowest BCUT2D eigenvalue weighted by atomic mass is 9.95. The summed E-state index contributed by atoms with van der Waals surface area (Å²) in [5, 5.41) is 13.9. The Hall–Kier alpha value is -2.31. The topological polar surface area (TPSA) is 53.5 Å². The van der Waals surface area contributed by atoms with E-state index in [1.165, 1.54) is 0 Å². The Bertz CT molecular complexity index is 657. The van der Waals surface area contributed by atoms with E-state index in [1.54, 1.807) is 0 Å². The molecule has 22 heavy (non-hydrogen) atoms. The summed E-state index contributed by atoms with van der Waals surface area (Å²) in [6, 6.07) is 0. The first-order valence-corrected chi connectivity index (χ1v) is 7.44. The first kappa shape index (κ1) is 14.6. The average Bonchev–Trinajstić information content (AvgIpc) is 3.04. The lowest BCUT2D eigenvalue weighted by molar-refractivity contribution is 0.758. The van der Waals surface area contributed by atoms with Crippen molar-refractivity contribution in [1.29, 1.82) is 0 Å². The van der Waals surface area contributed by atoms with Gasteiger partial charge in [0.2, 0.25) is 0 Å². The van der Waals surface area contributed by atoms with Crippen LogP contribution in [0.2, 0.25) is 0 Å². The molecular weight excluding hydrogens is 275 g/mol. The summed E-state index contributed by atoms with van der Waals surface area (Å²) >= 11 is 0. The van der Waals surface area contributed by atoms with Crippen molar-refractivity contribution in [2.45, 2.75) is 41.5 Å². The molecule has 3 aromatic heterocycles. The Labute approximate surface area is 130 Å². The Balaban J connectivity index is 2.17. The summed E-state index contributed by atoms with van der Waals surface area (Å²) in [7, 11) is -0.229. The molecule has 0 spiro atoms. The highest BCUT2D eigenvalue weighted by molar-refractivity contribution is 6.52. The van der Waals surface area contributed by atoms with Crippen LogP contribution in [0.1, 0.15) is 33.8 Å². The molecule has 0 amide bonds. The second kappa shape index (κ2) is 5.16. The third kappa shape index (κ3) is 2.36. The third-order valence-corrected chi connectivity index (χ3v) is 4.20. The average molecular weight is 296 g/mol. The first-order valence-electron chi connectivity index (χ1n) is 7.44. The fourth-order valence-electron chi connectivity index (χ4n) is 2.44. The molecule has 0 saturated heterocycles. The summed E-state index contributed by atoms with van der Waals surface area (Å²) in [6.07, 6.45) is 6.12. The number of hydrogen-bond acceptors (Lipinski definition) is 3. The molecule has 7 heteroatoms. The van der Waals surface area contributed by atoms with Crippen LogP contribution in [-0.4, -0.2) is 36.2 Å². The summed E-state index contributed by atoms with van der Waals surface area (Å²) in [6.45, 7) is 12.2. The highest BCUT2D eigenvalue weighted by Gasteiger charge is 2.29. The van der Waals surface area contributed by atoms with Crippen LogP contribution in [0, 0.1) is 41.5 Å². The van der Waals surface area contributed by atoms with Gasteiger partial charge in [-0.25, -0.2) is 0 Å². The van der Waals surface area contributed by atoms with E-state index in [0.29, 0.717) is 0 Å². The first-order chi connectivity index (χ1) is 10.4. The standard InChI is InChI=1S/C15H21BN6/c1-10-7-20(17-13(10)4)16(21-8-11(2)14(5)18-21)22-9-12(3)15(6)19-22/h7-9H,1-6H3. The smallest absolute Gasteiger partial charge is 0.268 e. The zero-order chi connectivity index (χ0) is 16.0. The van der Waals surface area contributed by atoms with Gasteiger partial charge in [-0.2, -0.15) is 15.3 Å². The van der Waals surface area contributed by atoms with Crippen molar-refractivity contribution >= 4 is 7.12 Å². The van der Waals surface area contributed by atoms with E-state index in [4.69, 9.17) is 0 Å². The number of aryl methyl sites for hydroxylation is 6. The van der Waals surface area contributed by atoms with Crippen molar-refractivity contribution in [2.24, 2.45) is 0 Å². The molecule has 114 valence electrons. The highest BCUT2D eigenvalue weighted by atomic mass is 15.4. The van der Waals surface area contributed by atoms with Gasteiger partial charge < -0.3 is 0 Å². The van der Waals surface area contributed by atoms with Crippen LogP contribution in [0.25, 0.3) is 0 Å². The molecule has 6 nitrogen and oxygen atoms in total. The Morgan fingerprint density at radius 2 is 0.864 bits per heavy atom. The number of rotatable bonds is 3. The maximum atomic E-state index is 4.64. The summed E-state index contributed by atoms with van der Waals surface area (Å²) in [4.78, 5) is 0. The minimum atomic E-state index is -0.229. The van der Waals surface area contributed by atoms with Crippen LogP contribution < -0.4 is 0 Å². The predicted molar refractivity (Wildman–Crippen MR) is 87.1 cm³/mol. The monoisotopic (exact) mass is 296 g/mol. The molecular formula is C15H21BN6. The van der Waals surface area contributed by atoms with Crippen molar-refractivity contribution in [1.82, 2.24) is 29.1 Å². The van der Waals surface area contributed by atoms with Gasteiger partial charge in [0, 0.05) is 18.6 Å². The van der Waals surface area contributed by atoms with E-state index in [-0.39, 0.29) is 7.12 Å². The molecule has 0 atom stereocenters.